The number of pyridine rings is 1. The topological polar surface area (TPSA) is 104 Å². The zero-order chi connectivity index (χ0) is 20.4. The second kappa shape index (κ2) is 7.55. The molecule has 0 aliphatic carbocycles. The van der Waals surface area contributed by atoms with Crippen molar-refractivity contribution in [3.05, 3.63) is 71.9 Å². The number of nitrogens with one attached hydrogen (secondary N) is 1. The molecule has 3 heterocycles. The molecule has 0 bridgehead atoms. The number of halogens is 1. The van der Waals surface area contributed by atoms with Gasteiger partial charge < -0.3 is 5.32 Å². The highest BCUT2D eigenvalue weighted by Crippen LogP contribution is 2.27. The summed E-state index contributed by atoms with van der Waals surface area (Å²) in [5, 5.41) is 2.61. The van der Waals surface area contributed by atoms with Crippen molar-refractivity contribution >= 4 is 34.8 Å². The number of carbonyl (C=O) groups excluding carboxylic acids is 3. The van der Waals surface area contributed by atoms with Crippen molar-refractivity contribution in [2.45, 2.75) is 6.54 Å². The molecule has 1 aromatic carbocycles. The average molecular weight is 391 g/mol. The molecule has 29 heavy (non-hydrogen) atoms. The van der Waals surface area contributed by atoms with Gasteiger partial charge in [0.05, 0.1) is 0 Å². The fraction of sp³-hybridized carbons (Fsp3) is 0.100. The summed E-state index contributed by atoms with van der Waals surface area (Å²) in [5.74, 6) is -1.80. The van der Waals surface area contributed by atoms with Crippen LogP contribution in [-0.2, 0) is 16.1 Å². The minimum absolute atomic E-state index is 0.0112. The molecule has 0 radical (unpaired) electrons. The number of allylic oxidation sites excluding steroid dienone is 1. The van der Waals surface area contributed by atoms with Gasteiger partial charge in [0, 0.05) is 36.3 Å². The number of hydrogen-bond donors (Lipinski definition) is 1. The number of benzene rings is 1. The summed E-state index contributed by atoms with van der Waals surface area (Å²) in [7, 11) is 0. The van der Waals surface area contributed by atoms with Crippen LogP contribution in [0.5, 0.6) is 0 Å². The van der Waals surface area contributed by atoms with Crippen LogP contribution < -0.4 is 5.32 Å². The van der Waals surface area contributed by atoms with Gasteiger partial charge in [-0.05, 0) is 17.7 Å². The number of hydrogen-bond acceptors (Lipinski definition) is 5. The molecule has 2 aliphatic heterocycles. The Morgan fingerprint density at radius 2 is 1.93 bits per heavy atom. The van der Waals surface area contributed by atoms with Crippen LogP contribution in [0.25, 0.3) is 5.57 Å². The second-order valence-corrected chi connectivity index (χ2v) is 6.27. The van der Waals surface area contributed by atoms with Crippen LogP contribution in [0.2, 0.25) is 0 Å². The number of imide groups is 1. The quantitative estimate of drug-likeness (QED) is 0.838. The van der Waals surface area contributed by atoms with Gasteiger partial charge in [0.15, 0.2) is 5.71 Å². The highest BCUT2D eigenvalue weighted by molar-refractivity contribution is 6.78. The molecular weight excluding hydrogens is 377 g/mol. The number of carbonyl (C=O) groups is 3. The van der Waals surface area contributed by atoms with E-state index >= 15 is 0 Å². The smallest absolute Gasteiger partial charge is 0.350 e. The van der Waals surface area contributed by atoms with Gasteiger partial charge in [-0.15, -0.1) is 0 Å². The van der Waals surface area contributed by atoms with Gasteiger partial charge in [-0.3, -0.25) is 14.6 Å². The second-order valence-electron chi connectivity index (χ2n) is 6.27. The first kappa shape index (κ1) is 18.4. The van der Waals surface area contributed by atoms with Gasteiger partial charge in [0.2, 0.25) is 5.91 Å². The predicted molar refractivity (Wildman–Crippen MR) is 102 cm³/mol. The Kier molecular flexibility index (Phi) is 4.78. The molecule has 0 atom stereocenters. The van der Waals surface area contributed by atoms with Gasteiger partial charge in [-0.2, -0.15) is 4.99 Å². The van der Waals surface area contributed by atoms with Crippen LogP contribution in [0, 0.1) is 5.82 Å². The van der Waals surface area contributed by atoms with Crippen molar-refractivity contribution < 1.29 is 18.8 Å². The van der Waals surface area contributed by atoms with Crippen molar-refractivity contribution in [3.63, 3.8) is 0 Å². The van der Waals surface area contributed by atoms with E-state index in [4.69, 9.17) is 0 Å². The van der Waals surface area contributed by atoms with Crippen LogP contribution in [0.1, 0.15) is 11.1 Å². The molecule has 2 aromatic rings. The molecule has 0 spiro atoms. The summed E-state index contributed by atoms with van der Waals surface area (Å²) >= 11 is 0. The molecule has 0 saturated heterocycles. The van der Waals surface area contributed by atoms with Crippen LogP contribution in [-0.4, -0.2) is 45.7 Å². The maximum atomic E-state index is 14.1. The largest absolute Gasteiger partial charge is 0.351 e. The zero-order valence-electron chi connectivity index (χ0n) is 15.0. The Labute approximate surface area is 164 Å². The monoisotopic (exact) mass is 391 g/mol. The van der Waals surface area contributed by atoms with Gasteiger partial charge >= 0.3 is 6.03 Å². The number of nitrogens with zero attached hydrogens (tertiary/aromatic N) is 4. The van der Waals surface area contributed by atoms with Crippen molar-refractivity contribution in [1.82, 2.24) is 15.2 Å². The normalized spacial score (nSPS) is 15.5. The lowest BCUT2D eigenvalue weighted by Crippen LogP contribution is -2.50. The summed E-state index contributed by atoms with van der Waals surface area (Å²) in [6.07, 6.45) is 4.50. The van der Waals surface area contributed by atoms with E-state index in [-0.39, 0.29) is 29.1 Å². The van der Waals surface area contributed by atoms with E-state index in [0.717, 1.165) is 5.56 Å². The average Bonchev–Trinajstić information content (AvgIpc) is 3.14. The number of aliphatic imine (C=N–C) groups is 2. The summed E-state index contributed by atoms with van der Waals surface area (Å²) in [5.41, 5.74) is 1.13. The Bertz CT molecular complexity index is 1110. The van der Waals surface area contributed by atoms with Crippen molar-refractivity contribution in [2.75, 3.05) is 6.54 Å². The van der Waals surface area contributed by atoms with Gasteiger partial charge in [0.25, 0.3) is 5.91 Å². The third-order valence-electron chi connectivity index (χ3n) is 4.37. The minimum Gasteiger partial charge on any atom is -0.350 e. The summed E-state index contributed by atoms with van der Waals surface area (Å²) in [4.78, 5) is 49.7. The Morgan fingerprint density at radius 3 is 2.69 bits per heavy atom. The highest BCUT2D eigenvalue weighted by atomic mass is 19.1. The van der Waals surface area contributed by atoms with E-state index in [9.17, 15) is 18.8 Å². The lowest BCUT2D eigenvalue weighted by atomic mass is 9.99. The van der Waals surface area contributed by atoms with Crippen molar-refractivity contribution in [2.24, 2.45) is 9.98 Å². The van der Waals surface area contributed by atoms with Crippen LogP contribution >= 0.6 is 0 Å². The van der Waals surface area contributed by atoms with Gasteiger partial charge in [-0.25, -0.2) is 19.1 Å². The van der Waals surface area contributed by atoms with Gasteiger partial charge in [-0.1, -0.05) is 24.3 Å². The third-order valence-corrected chi connectivity index (χ3v) is 4.37. The van der Waals surface area contributed by atoms with E-state index in [1.54, 1.807) is 30.6 Å². The molecule has 4 amide bonds. The SMILES string of the molecule is O=C(CN1C(=O)N=C2C(c3ccccc3F)=CN=C2C1=O)NCc1cccnc1. The maximum absolute atomic E-state index is 14.1. The van der Waals surface area contributed by atoms with Crippen LogP contribution in [0.15, 0.2) is 65.0 Å². The summed E-state index contributed by atoms with van der Waals surface area (Å²) in [6.45, 7) is -0.292. The summed E-state index contributed by atoms with van der Waals surface area (Å²) in [6, 6.07) is 8.54. The predicted octanol–water partition coefficient (Wildman–Crippen LogP) is 1.74. The number of urea groups is 1. The molecule has 8 nitrogen and oxygen atoms in total. The fourth-order valence-electron chi connectivity index (χ4n) is 2.94. The molecule has 0 fully saturated rings. The Hall–Kier alpha value is -4.01. The number of rotatable bonds is 5. The fourth-order valence-corrected chi connectivity index (χ4v) is 2.94. The van der Waals surface area contributed by atoms with E-state index in [0.29, 0.717) is 4.90 Å². The van der Waals surface area contributed by atoms with E-state index in [2.05, 4.69) is 20.3 Å². The van der Waals surface area contributed by atoms with E-state index in [1.807, 2.05) is 0 Å². The molecular formula is C20H14FN5O3. The van der Waals surface area contributed by atoms with E-state index in [1.165, 1.54) is 24.4 Å². The van der Waals surface area contributed by atoms with E-state index < -0.39 is 30.2 Å². The Morgan fingerprint density at radius 1 is 1.10 bits per heavy atom. The van der Waals surface area contributed by atoms with Crippen LogP contribution in [0.4, 0.5) is 9.18 Å². The standard InChI is InChI=1S/C20H14FN5O3/c21-15-6-2-1-5-13(15)14-10-24-18-17(14)25-20(29)26(19(18)28)11-16(27)23-9-12-4-3-7-22-8-12/h1-8,10H,9,11H2,(H,23,27). The minimum atomic E-state index is -0.899. The highest BCUT2D eigenvalue weighted by Gasteiger charge is 2.39. The number of amides is 4. The lowest BCUT2D eigenvalue weighted by molar-refractivity contribution is -0.128. The molecule has 9 heteroatoms. The molecule has 0 saturated carbocycles. The van der Waals surface area contributed by atoms with Crippen molar-refractivity contribution in [3.8, 4) is 0 Å². The first-order valence-corrected chi connectivity index (χ1v) is 8.68. The summed E-state index contributed by atoms with van der Waals surface area (Å²) < 4.78 is 14.1. The molecule has 144 valence electrons. The maximum Gasteiger partial charge on any atom is 0.351 e. The lowest BCUT2D eigenvalue weighted by Gasteiger charge is -2.23. The first-order chi connectivity index (χ1) is 14.0. The first-order valence-electron chi connectivity index (χ1n) is 8.68. The van der Waals surface area contributed by atoms with Crippen LogP contribution in [0.3, 0.4) is 0 Å². The van der Waals surface area contributed by atoms with Crippen molar-refractivity contribution in [1.29, 1.82) is 0 Å². The molecule has 0 unspecified atom stereocenters. The molecule has 4 rings (SSSR count). The Balaban J connectivity index is 1.48. The molecule has 2 aliphatic rings. The van der Waals surface area contributed by atoms with Gasteiger partial charge in [0.1, 0.15) is 18.1 Å². The molecule has 1 aromatic heterocycles. The third kappa shape index (κ3) is 3.57. The molecule has 1 N–H and O–H groups in total. The zero-order valence-corrected chi connectivity index (χ0v) is 15.0. The number of fused-ring (bicyclic) bond motifs is 1. The number of aromatic nitrogens is 1.